The first-order valence-corrected chi connectivity index (χ1v) is 9.85. The molecular formula is C17H16Cl2N2O3S. The van der Waals surface area contributed by atoms with E-state index in [4.69, 9.17) is 23.2 Å². The fourth-order valence-electron chi connectivity index (χ4n) is 2.78. The molecule has 0 unspecified atom stereocenters. The molecule has 25 heavy (non-hydrogen) atoms. The van der Waals surface area contributed by atoms with Gasteiger partial charge in [-0.1, -0.05) is 29.3 Å². The Morgan fingerprint density at radius 3 is 2.56 bits per heavy atom. The van der Waals surface area contributed by atoms with E-state index >= 15 is 0 Å². The Morgan fingerprint density at radius 1 is 1.16 bits per heavy atom. The molecule has 1 heterocycles. The lowest BCUT2D eigenvalue weighted by Gasteiger charge is -2.17. The number of rotatable bonds is 4. The van der Waals surface area contributed by atoms with Crippen LogP contribution in [0, 0.1) is 0 Å². The summed E-state index contributed by atoms with van der Waals surface area (Å²) in [5.74, 6) is -0.521. The molecule has 8 heteroatoms. The van der Waals surface area contributed by atoms with Crippen LogP contribution >= 0.6 is 23.2 Å². The third-order valence-corrected chi connectivity index (χ3v) is 6.31. The number of carbonyl (C=O) groups is 1. The number of fused-ring (bicyclic) bond motifs is 1. The Labute approximate surface area is 156 Å². The van der Waals surface area contributed by atoms with Crippen molar-refractivity contribution < 1.29 is 13.2 Å². The van der Waals surface area contributed by atoms with Gasteiger partial charge in [-0.05, 0) is 55.3 Å². The fourth-order valence-corrected chi connectivity index (χ4v) is 4.61. The van der Waals surface area contributed by atoms with Crippen molar-refractivity contribution >= 4 is 44.8 Å². The molecule has 0 saturated carbocycles. The first-order chi connectivity index (χ1) is 11.7. The predicted octanol–water partition coefficient (Wildman–Crippen LogP) is 4.09. The van der Waals surface area contributed by atoms with Crippen LogP contribution in [0.4, 0.5) is 5.69 Å². The molecule has 0 fully saturated rings. The molecule has 2 atom stereocenters. The molecule has 1 aliphatic rings. The van der Waals surface area contributed by atoms with Gasteiger partial charge < -0.3 is 5.32 Å². The zero-order valence-electron chi connectivity index (χ0n) is 13.5. The van der Waals surface area contributed by atoms with E-state index in [2.05, 4.69) is 10.0 Å². The maximum atomic E-state index is 12.7. The van der Waals surface area contributed by atoms with Gasteiger partial charge in [-0.15, -0.1) is 0 Å². The van der Waals surface area contributed by atoms with Gasteiger partial charge in [-0.3, -0.25) is 4.79 Å². The third-order valence-electron chi connectivity index (χ3n) is 4.21. The summed E-state index contributed by atoms with van der Waals surface area (Å²) < 4.78 is 28.0. The van der Waals surface area contributed by atoms with Crippen molar-refractivity contribution in [3.05, 3.63) is 57.6 Å². The number of sulfonamides is 1. The van der Waals surface area contributed by atoms with Gasteiger partial charge in [0.1, 0.15) is 0 Å². The smallest absolute Gasteiger partial charge is 0.241 e. The molecule has 1 aliphatic heterocycles. The van der Waals surface area contributed by atoms with Crippen LogP contribution in [0.3, 0.4) is 0 Å². The first kappa shape index (κ1) is 18.2. The minimum Gasteiger partial charge on any atom is -0.325 e. The Morgan fingerprint density at radius 2 is 1.88 bits per heavy atom. The highest BCUT2D eigenvalue weighted by molar-refractivity contribution is 7.89. The van der Waals surface area contributed by atoms with E-state index in [9.17, 15) is 13.2 Å². The van der Waals surface area contributed by atoms with Gasteiger partial charge in [0.05, 0.1) is 10.8 Å². The van der Waals surface area contributed by atoms with Crippen LogP contribution < -0.4 is 10.0 Å². The van der Waals surface area contributed by atoms with E-state index in [1.807, 2.05) is 0 Å². The summed E-state index contributed by atoms with van der Waals surface area (Å²) in [6, 6.07) is 8.96. The van der Waals surface area contributed by atoms with E-state index in [1.165, 1.54) is 12.1 Å². The van der Waals surface area contributed by atoms with Gasteiger partial charge >= 0.3 is 0 Å². The number of carbonyl (C=O) groups excluding carboxylic acids is 1. The van der Waals surface area contributed by atoms with Gasteiger partial charge in [0.25, 0.3) is 0 Å². The molecule has 2 aromatic carbocycles. The van der Waals surface area contributed by atoms with Crippen LogP contribution in [0.15, 0.2) is 41.3 Å². The molecule has 1 amide bonds. The van der Waals surface area contributed by atoms with Crippen LogP contribution in [-0.2, 0) is 14.8 Å². The lowest BCUT2D eigenvalue weighted by atomic mass is 10.0. The number of hydrogen-bond donors (Lipinski definition) is 2. The molecule has 0 spiro atoms. The zero-order valence-corrected chi connectivity index (χ0v) is 15.8. The van der Waals surface area contributed by atoms with E-state index in [-0.39, 0.29) is 16.7 Å². The van der Waals surface area contributed by atoms with Crippen molar-refractivity contribution in [2.24, 2.45) is 0 Å². The summed E-state index contributed by atoms with van der Waals surface area (Å²) in [4.78, 5) is 11.8. The van der Waals surface area contributed by atoms with E-state index in [0.717, 1.165) is 0 Å². The standard InChI is InChI=1S/C17H16Cl2N2O3S/c1-9-14-8-12(4-6-16(14)20-17(9)22)25(23,24)21-10(2)13-5-3-11(18)7-15(13)19/h3-10,21H,1-2H3,(H,20,22)/t9-,10+/m0/s1. The highest BCUT2D eigenvalue weighted by Gasteiger charge is 2.29. The number of anilines is 1. The van der Waals surface area contributed by atoms with Crippen LogP contribution in [0.2, 0.25) is 10.0 Å². The summed E-state index contributed by atoms with van der Waals surface area (Å²) in [6.07, 6.45) is 0. The normalized spacial score (nSPS) is 17.9. The Hall–Kier alpha value is -1.60. The summed E-state index contributed by atoms with van der Waals surface area (Å²) >= 11 is 12.0. The van der Waals surface area contributed by atoms with Crippen molar-refractivity contribution in [1.29, 1.82) is 0 Å². The molecule has 2 N–H and O–H groups in total. The Balaban J connectivity index is 1.89. The van der Waals surface area contributed by atoms with E-state index < -0.39 is 16.1 Å². The molecule has 5 nitrogen and oxygen atoms in total. The molecule has 0 aromatic heterocycles. The largest absolute Gasteiger partial charge is 0.325 e. The molecule has 132 valence electrons. The lowest BCUT2D eigenvalue weighted by Crippen LogP contribution is -2.27. The number of hydrogen-bond acceptors (Lipinski definition) is 3. The van der Waals surface area contributed by atoms with Crippen LogP contribution in [0.5, 0.6) is 0 Å². The van der Waals surface area contributed by atoms with Crippen molar-refractivity contribution in [3.63, 3.8) is 0 Å². The van der Waals surface area contributed by atoms with Crippen molar-refractivity contribution in [2.45, 2.75) is 30.7 Å². The predicted molar refractivity (Wildman–Crippen MR) is 98.7 cm³/mol. The molecule has 0 aliphatic carbocycles. The lowest BCUT2D eigenvalue weighted by molar-refractivity contribution is -0.116. The number of halogens is 2. The quantitative estimate of drug-likeness (QED) is 0.813. The number of amides is 1. The minimum absolute atomic E-state index is 0.103. The highest BCUT2D eigenvalue weighted by Crippen LogP contribution is 2.34. The second kappa shape index (κ2) is 6.61. The molecule has 0 saturated heterocycles. The van der Waals surface area contributed by atoms with Crippen LogP contribution in [0.25, 0.3) is 0 Å². The summed E-state index contributed by atoms with van der Waals surface area (Å²) in [5, 5.41) is 3.59. The SMILES string of the molecule is C[C@@H]1C(=O)Nc2ccc(S(=O)(=O)N[C@H](C)c3ccc(Cl)cc3Cl)cc21. The van der Waals surface area contributed by atoms with Gasteiger partial charge in [0.2, 0.25) is 15.9 Å². The molecule has 0 bridgehead atoms. The average molecular weight is 399 g/mol. The minimum atomic E-state index is -3.78. The molecular weight excluding hydrogens is 383 g/mol. The topological polar surface area (TPSA) is 75.3 Å². The van der Waals surface area contributed by atoms with Crippen molar-refractivity contribution in [2.75, 3.05) is 5.32 Å². The van der Waals surface area contributed by atoms with Gasteiger partial charge in [0, 0.05) is 21.8 Å². The summed E-state index contributed by atoms with van der Waals surface area (Å²) in [5.41, 5.74) is 1.94. The first-order valence-electron chi connectivity index (χ1n) is 7.61. The van der Waals surface area contributed by atoms with Crippen LogP contribution in [-0.4, -0.2) is 14.3 Å². The maximum absolute atomic E-state index is 12.7. The second-order valence-corrected chi connectivity index (χ2v) is 8.53. The second-order valence-electron chi connectivity index (χ2n) is 5.97. The van der Waals surface area contributed by atoms with E-state index in [1.54, 1.807) is 38.1 Å². The molecule has 2 aromatic rings. The fraction of sp³-hybridized carbons (Fsp3) is 0.235. The van der Waals surface area contributed by atoms with Crippen molar-refractivity contribution in [1.82, 2.24) is 4.72 Å². The zero-order chi connectivity index (χ0) is 18.4. The summed E-state index contributed by atoms with van der Waals surface area (Å²) in [6.45, 7) is 3.44. The van der Waals surface area contributed by atoms with Gasteiger partial charge in [-0.2, -0.15) is 0 Å². The van der Waals surface area contributed by atoms with Crippen molar-refractivity contribution in [3.8, 4) is 0 Å². The monoisotopic (exact) mass is 398 g/mol. The summed E-state index contributed by atoms with van der Waals surface area (Å²) in [7, 11) is -3.78. The number of benzene rings is 2. The molecule has 0 radical (unpaired) electrons. The Kier molecular flexibility index (Phi) is 4.81. The maximum Gasteiger partial charge on any atom is 0.241 e. The third kappa shape index (κ3) is 3.53. The van der Waals surface area contributed by atoms with E-state index in [0.29, 0.717) is 26.9 Å². The molecule has 3 rings (SSSR count). The number of nitrogens with one attached hydrogen (secondary N) is 2. The van der Waals surface area contributed by atoms with Gasteiger partial charge in [0.15, 0.2) is 0 Å². The van der Waals surface area contributed by atoms with Gasteiger partial charge in [-0.25, -0.2) is 13.1 Å². The highest BCUT2D eigenvalue weighted by atomic mass is 35.5. The average Bonchev–Trinajstić information content (AvgIpc) is 2.81. The Bertz CT molecular complexity index is 960. The van der Waals surface area contributed by atoms with Crippen LogP contribution in [0.1, 0.15) is 36.9 Å².